The Morgan fingerprint density at radius 1 is 1.23 bits per heavy atom. The molecule has 0 amide bonds. The minimum Gasteiger partial charge on any atom is -0.508 e. The number of benzene rings is 1. The lowest BCUT2D eigenvalue weighted by Crippen LogP contribution is -2.31. The van der Waals surface area contributed by atoms with E-state index >= 15 is 0 Å². The molecule has 1 aliphatic rings. The zero-order valence-electron chi connectivity index (χ0n) is 14.4. The average Bonchev–Trinajstić information content (AvgIpc) is 3.28. The third-order valence-electron chi connectivity index (χ3n) is 4.65. The molecule has 1 atom stereocenters. The predicted molar refractivity (Wildman–Crippen MR) is 102 cm³/mol. The quantitative estimate of drug-likeness (QED) is 0.669. The first-order valence-corrected chi connectivity index (χ1v) is 9.67. The van der Waals surface area contributed by atoms with Gasteiger partial charge in [-0.15, -0.1) is 11.3 Å². The van der Waals surface area contributed by atoms with Crippen molar-refractivity contribution in [1.82, 2.24) is 4.90 Å². The lowest BCUT2D eigenvalue weighted by Gasteiger charge is -2.25. The van der Waals surface area contributed by atoms with Crippen LogP contribution in [0.15, 0.2) is 51.0 Å². The molecule has 1 aliphatic heterocycles. The molecule has 136 valence electrons. The highest BCUT2D eigenvalue weighted by Crippen LogP contribution is 2.25. The molecule has 3 aromatic rings. The first-order valence-electron chi connectivity index (χ1n) is 8.79. The number of hydrogen-bond donors (Lipinski definition) is 1. The molecular weight excluding hydrogens is 350 g/mol. The topological polar surface area (TPSA) is 62.9 Å². The summed E-state index contributed by atoms with van der Waals surface area (Å²) in [5.41, 5.74) is 0.929. The van der Waals surface area contributed by atoms with Crippen LogP contribution < -0.4 is 5.63 Å². The summed E-state index contributed by atoms with van der Waals surface area (Å²) < 4.78 is 11.1. The number of nitrogens with zero attached hydrogens (tertiary/aromatic N) is 1. The van der Waals surface area contributed by atoms with E-state index in [-0.39, 0.29) is 11.9 Å². The van der Waals surface area contributed by atoms with E-state index in [1.807, 2.05) is 0 Å². The van der Waals surface area contributed by atoms with E-state index in [9.17, 15) is 9.90 Å². The minimum absolute atomic E-state index is 0.0904. The van der Waals surface area contributed by atoms with Crippen molar-refractivity contribution in [2.24, 2.45) is 0 Å². The second-order valence-electron chi connectivity index (χ2n) is 6.66. The van der Waals surface area contributed by atoms with Crippen molar-refractivity contribution in [2.75, 3.05) is 13.2 Å². The Balaban J connectivity index is 1.63. The maximum atomic E-state index is 12.0. The molecule has 3 heterocycles. The van der Waals surface area contributed by atoms with Gasteiger partial charge in [-0.05, 0) is 42.0 Å². The number of rotatable bonds is 6. The smallest absolute Gasteiger partial charge is 0.336 e. The van der Waals surface area contributed by atoms with E-state index in [0.29, 0.717) is 12.1 Å². The van der Waals surface area contributed by atoms with Gasteiger partial charge in [0, 0.05) is 48.6 Å². The van der Waals surface area contributed by atoms with Crippen molar-refractivity contribution >= 4 is 22.3 Å². The molecule has 26 heavy (non-hydrogen) atoms. The second-order valence-corrected chi connectivity index (χ2v) is 7.69. The summed E-state index contributed by atoms with van der Waals surface area (Å²) in [5.74, 6) is 0.0904. The van der Waals surface area contributed by atoms with Crippen LogP contribution in [0.5, 0.6) is 5.75 Å². The molecule has 6 heteroatoms. The zero-order valence-corrected chi connectivity index (χ0v) is 15.2. The summed E-state index contributed by atoms with van der Waals surface area (Å²) >= 11 is 1.73. The van der Waals surface area contributed by atoms with Crippen molar-refractivity contribution in [3.63, 3.8) is 0 Å². The summed E-state index contributed by atoms with van der Waals surface area (Å²) in [6.07, 6.45) is 2.42. The maximum Gasteiger partial charge on any atom is 0.336 e. The van der Waals surface area contributed by atoms with E-state index in [0.717, 1.165) is 43.5 Å². The first kappa shape index (κ1) is 17.3. The molecule has 5 nitrogen and oxygen atoms in total. The van der Waals surface area contributed by atoms with Crippen LogP contribution in [0.4, 0.5) is 0 Å². The number of phenolic OH excluding ortho intramolecular Hbond substituents is 1. The summed E-state index contributed by atoms with van der Waals surface area (Å²) in [6.45, 7) is 3.11. The fraction of sp³-hybridized carbons (Fsp3) is 0.350. The Kier molecular flexibility index (Phi) is 5.06. The number of phenols is 1. The lowest BCUT2D eigenvalue weighted by molar-refractivity contribution is 0.0683. The third-order valence-corrected chi connectivity index (χ3v) is 5.51. The molecule has 1 saturated heterocycles. The fourth-order valence-corrected chi connectivity index (χ4v) is 4.22. The van der Waals surface area contributed by atoms with Crippen LogP contribution in [0, 0.1) is 0 Å². The van der Waals surface area contributed by atoms with Crippen LogP contribution in [0.2, 0.25) is 0 Å². The third kappa shape index (κ3) is 3.98. The van der Waals surface area contributed by atoms with Crippen LogP contribution in [-0.4, -0.2) is 29.3 Å². The Morgan fingerprint density at radius 3 is 2.92 bits per heavy atom. The normalized spacial score (nSPS) is 17.3. The summed E-state index contributed by atoms with van der Waals surface area (Å²) in [7, 11) is 0. The molecular formula is C20H21NO4S. The molecule has 0 unspecified atom stereocenters. The average molecular weight is 371 g/mol. The largest absolute Gasteiger partial charge is 0.508 e. The van der Waals surface area contributed by atoms with Crippen molar-refractivity contribution in [3.05, 3.63) is 62.6 Å². The highest BCUT2D eigenvalue weighted by molar-refractivity contribution is 7.09. The monoisotopic (exact) mass is 371 g/mol. The number of fused-ring (bicyclic) bond motifs is 1. The van der Waals surface area contributed by atoms with Crippen LogP contribution in [0.25, 0.3) is 11.0 Å². The Labute approximate surface area is 155 Å². The molecule has 1 aromatic carbocycles. The molecule has 4 rings (SSSR count). The highest BCUT2D eigenvalue weighted by atomic mass is 32.1. The summed E-state index contributed by atoms with van der Waals surface area (Å²) in [6, 6.07) is 10.6. The second kappa shape index (κ2) is 7.61. The van der Waals surface area contributed by atoms with Crippen LogP contribution in [0.3, 0.4) is 0 Å². The predicted octanol–water partition coefficient (Wildman–Crippen LogP) is 3.74. The maximum absolute atomic E-state index is 12.0. The molecule has 2 aromatic heterocycles. The van der Waals surface area contributed by atoms with E-state index in [1.165, 1.54) is 10.9 Å². The number of thiophene rings is 1. The molecule has 1 N–H and O–H groups in total. The van der Waals surface area contributed by atoms with Gasteiger partial charge in [0.1, 0.15) is 11.3 Å². The summed E-state index contributed by atoms with van der Waals surface area (Å²) in [4.78, 5) is 15.6. The molecule has 0 bridgehead atoms. The van der Waals surface area contributed by atoms with Gasteiger partial charge >= 0.3 is 5.63 Å². The van der Waals surface area contributed by atoms with Crippen LogP contribution in [-0.2, 0) is 17.8 Å². The molecule has 0 aliphatic carbocycles. The molecule has 1 fully saturated rings. The molecule has 0 saturated carbocycles. The van der Waals surface area contributed by atoms with E-state index in [4.69, 9.17) is 9.15 Å². The van der Waals surface area contributed by atoms with E-state index < -0.39 is 5.63 Å². The SMILES string of the molecule is O=c1cc(CN(Cc2cccs2)C[C@H]2CCCO2)c2ccc(O)cc2o1. The number of ether oxygens (including phenoxy) is 1. The van der Waals surface area contributed by atoms with Gasteiger partial charge in [-0.1, -0.05) is 6.07 Å². The molecule has 0 spiro atoms. The van der Waals surface area contributed by atoms with Crippen molar-refractivity contribution in [1.29, 1.82) is 0 Å². The van der Waals surface area contributed by atoms with Crippen molar-refractivity contribution in [2.45, 2.75) is 32.0 Å². The molecule has 0 radical (unpaired) electrons. The van der Waals surface area contributed by atoms with Gasteiger partial charge in [-0.3, -0.25) is 4.90 Å². The van der Waals surface area contributed by atoms with Gasteiger partial charge in [0.25, 0.3) is 0 Å². The summed E-state index contributed by atoms with van der Waals surface area (Å²) in [5, 5.41) is 12.6. The van der Waals surface area contributed by atoms with E-state index in [2.05, 4.69) is 22.4 Å². The first-order chi connectivity index (χ1) is 12.7. The van der Waals surface area contributed by atoms with Crippen LogP contribution in [0.1, 0.15) is 23.3 Å². The van der Waals surface area contributed by atoms with Gasteiger partial charge in [0.05, 0.1) is 6.10 Å². The van der Waals surface area contributed by atoms with Gasteiger partial charge in [-0.25, -0.2) is 4.79 Å². The zero-order chi connectivity index (χ0) is 17.9. The van der Waals surface area contributed by atoms with Crippen molar-refractivity contribution < 1.29 is 14.3 Å². The Morgan fingerprint density at radius 2 is 2.15 bits per heavy atom. The lowest BCUT2D eigenvalue weighted by atomic mass is 10.1. The number of hydrogen-bond acceptors (Lipinski definition) is 6. The standard InChI is InChI=1S/C20H21NO4S/c22-15-5-6-18-14(9-20(23)25-19(18)10-15)11-21(12-16-3-1-7-24-16)13-17-4-2-8-26-17/h2,4-6,8-10,16,22H,1,3,7,11-13H2/t16-/m1/s1. The highest BCUT2D eigenvalue weighted by Gasteiger charge is 2.21. The minimum atomic E-state index is -0.397. The van der Waals surface area contributed by atoms with Crippen molar-refractivity contribution in [3.8, 4) is 5.75 Å². The van der Waals surface area contributed by atoms with Gasteiger partial charge in [0.2, 0.25) is 0 Å². The van der Waals surface area contributed by atoms with E-state index in [1.54, 1.807) is 29.5 Å². The van der Waals surface area contributed by atoms with Crippen LogP contribution >= 0.6 is 11.3 Å². The van der Waals surface area contributed by atoms with Gasteiger partial charge in [0.15, 0.2) is 0 Å². The number of aromatic hydroxyl groups is 1. The fourth-order valence-electron chi connectivity index (χ4n) is 3.47. The Bertz CT molecular complexity index is 929. The van der Waals surface area contributed by atoms with Gasteiger partial charge in [-0.2, -0.15) is 0 Å². The Hall–Kier alpha value is -2.15. The van der Waals surface area contributed by atoms with Gasteiger partial charge < -0.3 is 14.3 Å².